The molecule has 0 aromatic carbocycles. The van der Waals surface area contributed by atoms with Crippen molar-refractivity contribution < 1.29 is 9.90 Å². The lowest BCUT2D eigenvalue weighted by Gasteiger charge is -2.14. The van der Waals surface area contributed by atoms with Gasteiger partial charge in [-0.05, 0) is 69.1 Å². The zero-order chi connectivity index (χ0) is 16.3. The van der Waals surface area contributed by atoms with E-state index in [1.165, 1.54) is 51.4 Å². The summed E-state index contributed by atoms with van der Waals surface area (Å²) < 4.78 is 0. The van der Waals surface area contributed by atoms with Gasteiger partial charge in [-0.2, -0.15) is 0 Å². The van der Waals surface area contributed by atoms with Gasteiger partial charge in [0.2, 0.25) is 0 Å². The van der Waals surface area contributed by atoms with Crippen molar-refractivity contribution in [3.8, 4) is 0 Å². The first-order chi connectivity index (χ1) is 11.3. The van der Waals surface area contributed by atoms with Crippen LogP contribution < -0.4 is 0 Å². The second kappa shape index (κ2) is 10.7. The van der Waals surface area contributed by atoms with Crippen molar-refractivity contribution in [2.75, 3.05) is 0 Å². The number of unbranched alkanes of at least 4 members (excludes halogenated alkanes) is 3. The average molecular weight is 319 g/mol. The van der Waals surface area contributed by atoms with Gasteiger partial charge < -0.3 is 5.11 Å². The third-order valence-electron chi connectivity index (χ3n) is 5.41. The number of carbonyl (C=O) groups is 1. The van der Waals surface area contributed by atoms with Crippen LogP contribution in [0.1, 0.15) is 83.5 Å². The second-order valence-electron chi connectivity index (χ2n) is 7.50. The number of carboxylic acids is 1. The Morgan fingerprint density at radius 2 is 1.83 bits per heavy atom. The molecule has 2 aliphatic carbocycles. The van der Waals surface area contributed by atoms with Gasteiger partial charge in [-0.3, -0.25) is 4.79 Å². The summed E-state index contributed by atoms with van der Waals surface area (Å²) >= 11 is 0. The zero-order valence-corrected chi connectivity index (χ0v) is 14.6. The molecule has 23 heavy (non-hydrogen) atoms. The smallest absolute Gasteiger partial charge is 0.303 e. The SMILES string of the molecule is O=C(O)CCCCCC=C[C@H]1CCC[C@@H]1CC=CCCC1CC1. The van der Waals surface area contributed by atoms with Gasteiger partial charge >= 0.3 is 5.97 Å². The Morgan fingerprint density at radius 1 is 0.957 bits per heavy atom. The molecule has 2 aliphatic rings. The molecular weight excluding hydrogens is 284 g/mol. The van der Waals surface area contributed by atoms with Crippen molar-refractivity contribution in [3.63, 3.8) is 0 Å². The molecule has 2 saturated carbocycles. The molecule has 130 valence electrons. The molecule has 0 amide bonds. The third-order valence-corrected chi connectivity index (χ3v) is 5.41. The zero-order valence-electron chi connectivity index (χ0n) is 14.6. The normalized spacial score (nSPS) is 24.9. The first kappa shape index (κ1) is 18.3. The number of allylic oxidation sites excluding steroid dienone is 4. The Bertz CT molecular complexity index is 393. The molecule has 0 heterocycles. The van der Waals surface area contributed by atoms with Gasteiger partial charge in [0.25, 0.3) is 0 Å². The minimum atomic E-state index is -0.667. The van der Waals surface area contributed by atoms with E-state index in [4.69, 9.17) is 5.11 Å². The van der Waals surface area contributed by atoms with Gasteiger partial charge in [-0.1, -0.05) is 50.0 Å². The molecule has 0 bridgehead atoms. The fourth-order valence-corrected chi connectivity index (χ4v) is 3.73. The van der Waals surface area contributed by atoms with Gasteiger partial charge in [0.1, 0.15) is 0 Å². The quantitative estimate of drug-likeness (QED) is 0.347. The molecule has 0 unspecified atom stereocenters. The van der Waals surface area contributed by atoms with E-state index in [1.54, 1.807) is 0 Å². The van der Waals surface area contributed by atoms with Crippen LogP contribution in [-0.4, -0.2) is 11.1 Å². The highest BCUT2D eigenvalue weighted by Crippen LogP contribution is 2.36. The summed E-state index contributed by atoms with van der Waals surface area (Å²) in [4.78, 5) is 10.4. The van der Waals surface area contributed by atoms with E-state index in [0.29, 0.717) is 6.42 Å². The minimum absolute atomic E-state index is 0.321. The van der Waals surface area contributed by atoms with Gasteiger partial charge in [0, 0.05) is 6.42 Å². The van der Waals surface area contributed by atoms with Crippen LogP contribution in [0.4, 0.5) is 0 Å². The van der Waals surface area contributed by atoms with Crippen LogP contribution in [0.5, 0.6) is 0 Å². The maximum atomic E-state index is 10.4. The molecule has 0 aliphatic heterocycles. The Hall–Kier alpha value is -1.05. The summed E-state index contributed by atoms with van der Waals surface area (Å²) in [6.45, 7) is 0. The fraction of sp³-hybridized carbons (Fsp3) is 0.762. The molecule has 1 N–H and O–H groups in total. The standard InChI is InChI=1S/C21H34O2/c22-21(23)15-8-3-1-2-6-11-19-13-9-14-20(19)12-7-4-5-10-18-16-17-18/h4,6-7,11,18-20H,1-3,5,8-10,12-17H2,(H,22,23)/t19-,20-/m0/s1. The van der Waals surface area contributed by atoms with Crippen LogP contribution in [0.3, 0.4) is 0 Å². The summed E-state index contributed by atoms with van der Waals surface area (Å²) in [5, 5.41) is 8.60. The molecule has 2 heteroatoms. The van der Waals surface area contributed by atoms with E-state index in [-0.39, 0.29) is 0 Å². The maximum absolute atomic E-state index is 10.4. The van der Waals surface area contributed by atoms with Crippen LogP contribution in [0.15, 0.2) is 24.3 Å². The lowest BCUT2D eigenvalue weighted by atomic mass is 9.92. The topological polar surface area (TPSA) is 37.3 Å². The van der Waals surface area contributed by atoms with Gasteiger partial charge in [-0.25, -0.2) is 0 Å². The summed E-state index contributed by atoms with van der Waals surface area (Å²) in [7, 11) is 0. The van der Waals surface area contributed by atoms with E-state index in [9.17, 15) is 4.79 Å². The Balaban J connectivity index is 1.53. The number of rotatable bonds is 12. The molecule has 0 saturated heterocycles. The summed E-state index contributed by atoms with van der Waals surface area (Å²) in [6.07, 6.45) is 25.1. The molecule has 0 aromatic heterocycles. The Kier molecular flexibility index (Phi) is 8.49. The predicted molar refractivity (Wildman–Crippen MR) is 96.4 cm³/mol. The summed E-state index contributed by atoms with van der Waals surface area (Å²) in [6, 6.07) is 0. The summed E-state index contributed by atoms with van der Waals surface area (Å²) in [5.41, 5.74) is 0. The lowest BCUT2D eigenvalue weighted by molar-refractivity contribution is -0.137. The monoisotopic (exact) mass is 318 g/mol. The van der Waals surface area contributed by atoms with Crippen LogP contribution >= 0.6 is 0 Å². The van der Waals surface area contributed by atoms with E-state index in [1.807, 2.05) is 0 Å². The minimum Gasteiger partial charge on any atom is -0.481 e. The molecule has 0 aromatic rings. The van der Waals surface area contributed by atoms with Crippen LogP contribution in [0.2, 0.25) is 0 Å². The number of carboxylic acid groups (broad SMARTS) is 1. The van der Waals surface area contributed by atoms with E-state index >= 15 is 0 Å². The Morgan fingerprint density at radius 3 is 2.61 bits per heavy atom. The van der Waals surface area contributed by atoms with Crippen LogP contribution in [-0.2, 0) is 4.79 Å². The second-order valence-corrected chi connectivity index (χ2v) is 7.50. The molecule has 2 atom stereocenters. The Labute approximate surface area is 142 Å². The molecule has 2 nitrogen and oxygen atoms in total. The highest BCUT2D eigenvalue weighted by atomic mass is 16.4. The lowest BCUT2D eigenvalue weighted by Crippen LogP contribution is -2.03. The average Bonchev–Trinajstić information content (AvgIpc) is 3.24. The van der Waals surface area contributed by atoms with Crippen molar-refractivity contribution in [1.82, 2.24) is 0 Å². The van der Waals surface area contributed by atoms with Crippen molar-refractivity contribution in [3.05, 3.63) is 24.3 Å². The maximum Gasteiger partial charge on any atom is 0.303 e. The summed E-state index contributed by atoms with van der Waals surface area (Å²) in [5.74, 6) is 2.02. The van der Waals surface area contributed by atoms with Crippen molar-refractivity contribution in [1.29, 1.82) is 0 Å². The predicted octanol–water partition coefficient (Wildman–Crippen LogP) is 6.13. The first-order valence-corrected chi connectivity index (χ1v) is 9.79. The number of hydrogen-bond donors (Lipinski definition) is 1. The van der Waals surface area contributed by atoms with Crippen LogP contribution in [0.25, 0.3) is 0 Å². The number of hydrogen-bond acceptors (Lipinski definition) is 1. The van der Waals surface area contributed by atoms with Gasteiger partial charge in [0.05, 0.1) is 0 Å². The highest BCUT2D eigenvalue weighted by molar-refractivity contribution is 5.66. The fourth-order valence-electron chi connectivity index (χ4n) is 3.73. The van der Waals surface area contributed by atoms with Crippen molar-refractivity contribution in [2.45, 2.75) is 83.5 Å². The third kappa shape index (κ3) is 8.39. The van der Waals surface area contributed by atoms with E-state index in [0.717, 1.165) is 43.4 Å². The van der Waals surface area contributed by atoms with E-state index < -0.39 is 5.97 Å². The first-order valence-electron chi connectivity index (χ1n) is 9.79. The molecular formula is C21H34O2. The largest absolute Gasteiger partial charge is 0.481 e. The van der Waals surface area contributed by atoms with Crippen molar-refractivity contribution in [2.24, 2.45) is 17.8 Å². The van der Waals surface area contributed by atoms with E-state index in [2.05, 4.69) is 24.3 Å². The number of aliphatic carboxylic acids is 1. The van der Waals surface area contributed by atoms with Gasteiger partial charge in [0.15, 0.2) is 0 Å². The van der Waals surface area contributed by atoms with Gasteiger partial charge in [-0.15, -0.1) is 0 Å². The molecule has 2 fully saturated rings. The molecule has 2 rings (SSSR count). The highest BCUT2D eigenvalue weighted by Gasteiger charge is 2.23. The van der Waals surface area contributed by atoms with Crippen LogP contribution in [0, 0.1) is 17.8 Å². The molecule has 0 spiro atoms. The molecule has 0 radical (unpaired) electrons. The van der Waals surface area contributed by atoms with Crippen molar-refractivity contribution >= 4 is 5.97 Å².